The Balaban J connectivity index is 2.44. The summed E-state index contributed by atoms with van der Waals surface area (Å²) in [7, 11) is 3.39. The van der Waals surface area contributed by atoms with E-state index in [1.807, 2.05) is 0 Å². The topological polar surface area (TPSA) is 30.5 Å². The molecule has 19 heavy (non-hydrogen) atoms. The molecule has 106 valence electrons. The van der Waals surface area contributed by atoms with Crippen LogP contribution in [0.2, 0.25) is 0 Å². The molecule has 0 amide bonds. The Hall–Kier alpha value is -1.22. The standard InChI is InChI=1S/C16H25NO2/c1-10(2)6-14-13-8-16(19-5)15(18-4)7-12(13)11(3)9-17-14/h7-8,10-11,14,17H,6,9H2,1-5H3. The maximum Gasteiger partial charge on any atom is 0.161 e. The smallest absolute Gasteiger partial charge is 0.161 e. The van der Waals surface area contributed by atoms with Gasteiger partial charge in [-0.15, -0.1) is 0 Å². The van der Waals surface area contributed by atoms with Gasteiger partial charge in [-0.3, -0.25) is 0 Å². The molecule has 0 saturated heterocycles. The summed E-state index contributed by atoms with van der Waals surface area (Å²) >= 11 is 0. The molecular formula is C16H25NO2. The number of hydrogen-bond donors (Lipinski definition) is 1. The average Bonchev–Trinajstić information content (AvgIpc) is 2.40. The maximum absolute atomic E-state index is 5.44. The largest absolute Gasteiger partial charge is 0.493 e. The van der Waals surface area contributed by atoms with Gasteiger partial charge in [0.25, 0.3) is 0 Å². The molecule has 3 nitrogen and oxygen atoms in total. The minimum atomic E-state index is 0.422. The Morgan fingerprint density at radius 3 is 2.26 bits per heavy atom. The minimum absolute atomic E-state index is 0.422. The molecule has 2 rings (SSSR count). The van der Waals surface area contributed by atoms with E-state index in [0.29, 0.717) is 17.9 Å². The number of hydrogen-bond acceptors (Lipinski definition) is 3. The second kappa shape index (κ2) is 5.83. The molecule has 2 atom stereocenters. The van der Waals surface area contributed by atoms with Crippen molar-refractivity contribution in [3.8, 4) is 11.5 Å². The molecule has 0 aliphatic carbocycles. The van der Waals surface area contributed by atoms with E-state index in [0.717, 1.165) is 24.5 Å². The second-order valence-electron chi connectivity index (χ2n) is 5.83. The fourth-order valence-electron chi connectivity index (χ4n) is 2.86. The first-order valence-corrected chi connectivity index (χ1v) is 7.06. The third kappa shape index (κ3) is 2.86. The van der Waals surface area contributed by atoms with Gasteiger partial charge < -0.3 is 14.8 Å². The van der Waals surface area contributed by atoms with Crippen LogP contribution in [0.15, 0.2) is 12.1 Å². The predicted molar refractivity (Wildman–Crippen MR) is 78.2 cm³/mol. The zero-order valence-electron chi connectivity index (χ0n) is 12.6. The van der Waals surface area contributed by atoms with Crippen LogP contribution < -0.4 is 14.8 Å². The summed E-state index contributed by atoms with van der Waals surface area (Å²) in [6, 6.07) is 4.71. The Morgan fingerprint density at radius 2 is 1.74 bits per heavy atom. The van der Waals surface area contributed by atoms with Crippen LogP contribution in [-0.4, -0.2) is 20.8 Å². The number of benzene rings is 1. The van der Waals surface area contributed by atoms with Gasteiger partial charge in [0, 0.05) is 12.6 Å². The highest BCUT2D eigenvalue weighted by molar-refractivity contribution is 5.50. The van der Waals surface area contributed by atoms with Gasteiger partial charge in [-0.1, -0.05) is 20.8 Å². The summed E-state index contributed by atoms with van der Waals surface area (Å²) in [5, 5.41) is 3.65. The Bertz CT molecular complexity index is 443. The van der Waals surface area contributed by atoms with Crippen molar-refractivity contribution >= 4 is 0 Å². The van der Waals surface area contributed by atoms with Gasteiger partial charge in [-0.2, -0.15) is 0 Å². The highest BCUT2D eigenvalue weighted by Gasteiger charge is 2.26. The Morgan fingerprint density at radius 1 is 1.16 bits per heavy atom. The van der Waals surface area contributed by atoms with Crippen LogP contribution in [0.1, 0.15) is 50.3 Å². The highest BCUT2D eigenvalue weighted by Crippen LogP contribution is 2.40. The van der Waals surface area contributed by atoms with Gasteiger partial charge in [0.2, 0.25) is 0 Å². The van der Waals surface area contributed by atoms with E-state index >= 15 is 0 Å². The van der Waals surface area contributed by atoms with Gasteiger partial charge in [-0.25, -0.2) is 0 Å². The maximum atomic E-state index is 5.44. The van der Waals surface area contributed by atoms with Crippen LogP contribution in [-0.2, 0) is 0 Å². The van der Waals surface area contributed by atoms with E-state index in [1.165, 1.54) is 11.1 Å². The molecular weight excluding hydrogens is 238 g/mol. The van der Waals surface area contributed by atoms with Crippen LogP contribution in [0.3, 0.4) is 0 Å². The van der Waals surface area contributed by atoms with E-state index in [1.54, 1.807) is 14.2 Å². The van der Waals surface area contributed by atoms with Gasteiger partial charge in [-0.05, 0) is 41.5 Å². The number of nitrogens with one attached hydrogen (secondary N) is 1. The van der Waals surface area contributed by atoms with Crippen LogP contribution in [0.5, 0.6) is 11.5 Å². The van der Waals surface area contributed by atoms with E-state index in [-0.39, 0.29) is 0 Å². The molecule has 0 aromatic heterocycles. The SMILES string of the molecule is COc1cc2c(cc1OC)C(CC(C)C)NCC2C. The highest BCUT2D eigenvalue weighted by atomic mass is 16.5. The van der Waals surface area contributed by atoms with Crippen molar-refractivity contribution in [2.24, 2.45) is 5.92 Å². The number of methoxy groups -OCH3 is 2. The predicted octanol–water partition coefficient (Wildman–Crippen LogP) is 3.50. The minimum Gasteiger partial charge on any atom is -0.493 e. The third-order valence-electron chi connectivity index (χ3n) is 3.87. The van der Waals surface area contributed by atoms with Crippen molar-refractivity contribution in [3.05, 3.63) is 23.3 Å². The first kappa shape index (κ1) is 14.2. The Labute approximate surface area is 116 Å². The summed E-state index contributed by atoms with van der Waals surface area (Å²) in [5.74, 6) is 2.84. The zero-order valence-corrected chi connectivity index (χ0v) is 12.6. The molecule has 1 aliphatic heterocycles. The molecule has 3 heteroatoms. The van der Waals surface area contributed by atoms with Crippen LogP contribution in [0.4, 0.5) is 0 Å². The van der Waals surface area contributed by atoms with Gasteiger partial charge in [0.05, 0.1) is 14.2 Å². The van der Waals surface area contributed by atoms with Crippen LogP contribution in [0, 0.1) is 5.92 Å². The molecule has 1 aromatic carbocycles. The molecule has 0 bridgehead atoms. The normalized spacial score (nSPS) is 22.2. The second-order valence-corrected chi connectivity index (χ2v) is 5.83. The molecule has 1 heterocycles. The molecule has 2 unspecified atom stereocenters. The van der Waals surface area contributed by atoms with Crippen molar-refractivity contribution in [2.45, 2.75) is 39.2 Å². The lowest BCUT2D eigenvalue weighted by molar-refractivity contribution is 0.347. The summed E-state index contributed by atoms with van der Waals surface area (Å²) in [4.78, 5) is 0. The number of ether oxygens (including phenoxy) is 2. The van der Waals surface area contributed by atoms with Crippen LogP contribution >= 0.6 is 0 Å². The van der Waals surface area contributed by atoms with Crippen molar-refractivity contribution in [3.63, 3.8) is 0 Å². The average molecular weight is 263 g/mol. The molecule has 1 aromatic rings. The van der Waals surface area contributed by atoms with E-state index in [9.17, 15) is 0 Å². The molecule has 0 saturated carbocycles. The lowest BCUT2D eigenvalue weighted by Crippen LogP contribution is -2.33. The van der Waals surface area contributed by atoms with E-state index < -0.39 is 0 Å². The van der Waals surface area contributed by atoms with E-state index in [4.69, 9.17) is 9.47 Å². The summed E-state index contributed by atoms with van der Waals surface area (Å²) < 4.78 is 10.9. The van der Waals surface area contributed by atoms with Crippen molar-refractivity contribution in [1.82, 2.24) is 5.32 Å². The fraction of sp³-hybridized carbons (Fsp3) is 0.625. The lowest BCUT2D eigenvalue weighted by atomic mass is 9.84. The summed E-state index contributed by atoms with van der Waals surface area (Å²) in [5.41, 5.74) is 2.76. The lowest BCUT2D eigenvalue weighted by Gasteiger charge is -2.33. The van der Waals surface area contributed by atoms with Gasteiger partial charge >= 0.3 is 0 Å². The van der Waals surface area contributed by atoms with Crippen molar-refractivity contribution in [1.29, 1.82) is 0 Å². The molecule has 0 radical (unpaired) electrons. The molecule has 0 fully saturated rings. The monoisotopic (exact) mass is 263 g/mol. The number of fused-ring (bicyclic) bond motifs is 1. The van der Waals surface area contributed by atoms with E-state index in [2.05, 4.69) is 38.2 Å². The summed E-state index contributed by atoms with van der Waals surface area (Å²) in [6.07, 6.45) is 1.15. The van der Waals surface area contributed by atoms with Gasteiger partial charge in [0.15, 0.2) is 11.5 Å². The van der Waals surface area contributed by atoms with Crippen LogP contribution in [0.25, 0.3) is 0 Å². The zero-order chi connectivity index (χ0) is 14.0. The van der Waals surface area contributed by atoms with Crippen molar-refractivity contribution in [2.75, 3.05) is 20.8 Å². The number of rotatable bonds is 4. The van der Waals surface area contributed by atoms with Gasteiger partial charge in [0.1, 0.15) is 0 Å². The molecule has 1 aliphatic rings. The van der Waals surface area contributed by atoms with Crippen molar-refractivity contribution < 1.29 is 9.47 Å². The third-order valence-corrected chi connectivity index (χ3v) is 3.87. The Kier molecular flexibility index (Phi) is 4.35. The molecule has 1 N–H and O–H groups in total. The summed E-state index contributed by atoms with van der Waals surface area (Å²) in [6.45, 7) is 7.81. The molecule has 0 spiro atoms. The first-order chi connectivity index (χ1) is 9.06. The fourth-order valence-corrected chi connectivity index (χ4v) is 2.86. The quantitative estimate of drug-likeness (QED) is 0.902. The first-order valence-electron chi connectivity index (χ1n) is 7.06.